The number of benzene rings is 3. The van der Waals surface area contributed by atoms with Gasteiger partial charge < -0.3 is 14.8 Å². The lowest BCUT2D eigenvalue weighted by Gasteiger charge is -2.10. The second kappa shape index (κ2) is 11.6. The van der Waals surface area contributed by atoms with Gasteiger partial charge in [0.25, 0.3) is 5.91 Å². The minimum Gasteiger partial charge on any atom is -0.493 e. The lowest BCUT2D eigenvalue weighted by Crippen LogP contribution is -2.22. The van der Waals surface area contributed by atoms with E-state index in [1.807, 2.05) is 71.3 Å². The van der Waals surface area contributed by atoms with Crippen LogP contribution in [0.5, 0.6) is 11.5 Å². The Hall–Kier alpha value is -4.36. The molecule has 0 unspecified atom stereocenters. The van der Waals surface area contributed by atoms with Gasteiger partial charge in [0.05, 0.1) is 24.2 Å². The molecule has 37 heavy (non-hydrogen) atoms. The quantitative estimate of drug-likeness (QED) is 0.237. The Morgan fingerprint density at radius 1 is 0.919 bits per heavy atom. The number of nitrogens with zero attached hydrogens (tertiary/aromatic N) is 3. The van der Waals surface area contributed by atoms with Crippen LogP contribution in [0, 0.1) is 0 Å². The van der Waals surface area contributed by atoms with Crippen molar-refractivity contribution in [2.24, 2.45) is 0 Å². The predicted octanol–water partition coefficient (Wildman–Crippen LogP) is 5.85. The molecular formula is C29H25ClN4O3. The number of carbonyl (C=O) groups excluding carboxylic acids is 1. The Morgan fingerprint density at radius 2 is 1.76 bits per heavy atom. The topological polar surface area (TPSA) is 78.3 Å². The summed E-state index contributed by atoms with van der Waals surface area (Å²) < 4.78 is 13.5. The number of amides is 1. The van der Waals surface area contributed by atoms with Crippen LogP contribution in [0.15, 0.2) is 97.6 Å². The molecule has 186 valence electrons. The highest BCUT2D eigenvalue weighted by Gasteiger charge is 2.10. The van der Waals surface area contributed by atoms with Gasteiger partial charge in [0, 0.05) is 41.6 Å². The molecule has 7 nitrogen and oxygen atoms in total. The van der Waals surface area contributed by atoms with Crippen molar-refractivity contribution < 1.29 is 14.3 Å². The molecule has 0 bridgehead atoms. The standard InChI is InChI=1S/C29H25ClN4O3/c30-23-5-1-6-26(17-23)37-15-3-14-36-25-10-8-24(9-11-25)34-20-33-27-16-22(7-12-28(27)34)29(35)32-19-21-4-2-13-31-18-21/h1-2,4-13,16-18,20H,3,14-15,19H2,(H,32,35). The van der Waals surface area contributed by atoms with Crippen molar-refractivity contribution in [1.82, 2.24) is 19.9 Å². The summed E-state index contributed by atoms with van der Waals surface area (Å²) in [4.78, 5) is 21.2. The third kappa shape index (κ3) is 6.26. The molecule has 3 aromatic carbocycles. The normalized spacial score (nSPS) is 10.8. The number of pyridine rings is 1. The van der Waals surface area contributed by atoms with Crippen LogP contribution < -0.4 is 14.8 Å². The van der Waals surface area contributed by atoms with Crippen LogP contribution in [0.1, 0.15) is 22.3 Å². The number of halogens is 1. The Balaban J connectivity index is 1.15. The van der Waals surface area contributed by atoms with Gasteiger partial charge in [0.1, 0.15) is 17.8 Å². The van der Waals surface area contributed by atoms with Crippen molar-refractivity contribution in [3.63, 3.8) is 0 Å². The smallest absolute Gasteiger partial charge is 0.251 e. The van der Waals surface area contributed by atoms with Gasteiger partial charge in [-0.15, -0.1) is 0 Å². The Kier molecular flexibility index (Phi) is 7.62. The molecule has 0 fully saturated rings. The van der Waals surface area contributed by atoms with Crippen LogP contribution in [0.4, 0.5) is 0 Å². The van der Waals surface area contributed by atoms with Crippen molar-refractivity contribution in [3.05, 3.63) is 114 Å². The Bertz CT molecular complexity index is 1490. The molecule has 5 aromatic rings. The number of ether oxygens (including phenoxy) is 2. The van der Waals surface area contributed by atoms with E-state index in [1.165, 1.54) is 0 Å². The second-order valence-electron chi connectivity index (χ2n) is 8.36. The first-order chi connectivity index (χ1) is 18.2. The van der Waals surface area contributed by atoms with Gasteiger partial charge in [-0.25, -0.2) is 4.98 Å². The molecule has 0 saturated heterocycles. The minimum atomic E-state index is -0.153. The summed E-state index contributed by atoms with van der Waals surface area (Å²) in [6, 6.07) is 24.4. The first-order valence-corrected chi connectivity index (χ1v) is 12.3. The van der Waals surface area contributed by atoms with Gasteiger partial charge in [-0.2, -0.15) is 0 Å². The fraction of sp³-hybridized carbons (Fsp3) is 0.138. The molecule has 1 amide bonds. The summed E-state index contributed by atoms with van der Waals surface area (Å²) in [6.45, 7) is 1.50. The molecule has 2 aromatic heterocycles. The summed E-state index contributed by atoms with van der Waals surface area (Å²) >= 11 is 5.97. The van der Waals surface area contributed by atoms with E-state index < -0.39 is 0 Å². The number of hydrogen-bond acceptors (Lipinski definition) is 5. The van der Waals surface area contributed by atoms with Gasteiger partial charge in [-0.05, 0) is 72.3 Å². The highest BCUT2D eigenvalue weighted by Crippen LogP contribution is 2.22. The minimum absolute atomic E-state index is 0.153. The lowest BCUT2D eigenvalue weighted by atomic mass is 10.1. The van der Waals surface area contributed by atoms with Crippen LogP contribution in [0.3, 0.4) is 0 Å². The number of fused-ring (bicyclic) bond motifs is 1. The lowest BCUT2D eigenvalue weighted by molar-refractivity contribution is 0.0951. The molecule has 5 rings (SSSR count). The van der Waals surface area contributed by atoms with Gasteiger partial charge in [0.15, 0.2) is 0 Å². The van der Waals surface area contributed by atoms with E-state index in [4.69, 9.17) is 21.1 Å². The summed E-state index contributed by atoms with van der Waals surface area (Å²) in [5.41, 5.74) is 4.11. The zero-order chi connectivity index (χ0) is 25.5. The molecule has 2 heterocycles. The first-order valence-electron chi connectivity index (χ1n) is 11.9. The first kappa shape index (κ1) is 24.3. The van der Waals surface area contributed by atoms with E-state index >= 15 is 0 Å². The number of rotatable bonds is 10. The zero-order valence-electron chi connectivity index (χ0n) is 20.0. The van der Waals surface area contributed by atoms with E-state index in [0.29, 0.717) is 30.3 Å². The monoisotopic (exact) mass is 512 g/mol. The zero-order valence-corrected chi connectivity index (χ0v) is 20.8. The van der Waals surface area contributed by atoms with Crippen LogP contribution >= 0.6 is 11.6 Å². The summed E-state index contributed by atoms with van der Waals surface area (Å²) in [5.74, 6) is 1.38. The van der Waals surface area contributed by atoms with Gasteiger partial charge in [-0.3, -0.25) is 14.3 Å². The maximum Gasteiger partial charge on any atom is 0.251 e. The molecule has 0 spiro atoms. The van der Waals surface area contributed by atoms with Gasteiger partial charge >= 0.3 is 0 Å². The average molecular weight is 513 g/mol. The van der Waals surface area contributed by atoms with Crippen molar-refractivity contribution >= 4 is 28.5 Å². The van der Waals surface area contributed by atoms with E-state index in [-0.39, 0.29) is 5.91 Å². The van der Waals surface area contributed by atoms with Crippen molar-refractivity contribution in [2.45, 2.75) is 13.0 Å². The third-order valence-electron chi connectivity index (χ3n) is 5.72. The second-order valence-corrected chi connectivity index (χ2v) is 8.80. The average Bonchev–Trinajstić information content (AvgIpc) is 3.36. The van der Waals surface area contributed by atoms with E-state index in [9.17, 15) is 4.79 Å². The molecular weight excluding hydrogens is 488 g/mol. The summed E-state index contributed by atoms with van der Waals surface area (Å²) in [6.07, 6.45) is 5.94. The van der Waals surface area contributed by atoms with E-state index in [0.717, 1.165) is 40.2 Å². The van der Waals surface area contributed by atoms with E-state index in [1.54, 1.807) is 30.9 Å². The maximum absolute atomic E-state index is 12.6. The predicted molar refractivity (Wildman–Crippen MR) is 144 cm³/mol. The number of aromatic nitrogens is 3. The number of nitrogens with one attached hydrogen (secondary N) is 1. The molecule has 0 atom stereocenters. The molecule has 0 saturated carbocycles. The van der Waals surface area contributed by atoms with Crippen LogP contribution in [-0.2, 0) is 6.54 Å². The third-order valence-corrected chi connectivity index (χ3v) is 5.96. The number of hydrogen-bond donors (Lipinski definition) is 1. The van der Waals surface area contributed by atoms with Gasteiger partial charge in [-0.1, -0.05) is 23.7 Å². The molecule has 0 aliphatic rings. The van der Waals surface area contributed by atoms with Crippen LogP contribution in [0.2, 0.25) is 5.02 Å². The molecule has 8 heteroatoms. The SMILES string of the molecule is O=C(NCc1cccnc1)c1ccc2c(c1)ncn2-c1ccc(OCCCOc2cccc(Cl)c2)cc1. The Labute approximate surface area is 219 Å². The fourth-order valence-corrected chi connectivity index (χ4v) is 4.03. The summed E-state index contributed by atoms with van der Waals surface area (Å²) in [7, 11) is 0. The van der Waals surface area contributed by atoms with Crippen molar-refractivity contribution in [1.29, 1.82) is 0 Å². The number of imidazole rings is 1. The van der Waals surface area contributed by atoms with Crippen LogP contribution in [-0.4, -0.2) is 33.7 Å². The largest absolute Gasteiger partial charge is 0.493 e. The maximum atomic E-state index is 12.6. The van der Waals surface area contributed by atoms with Crippen LogP contribution in [0.25, 0.3) is 16.7 Å². The molecule has 0 radical (unpaired) electrons. The molecule has 0 aliphatic heterocycles. The molecule has 0 aliphatic carbocycles. The van der Waals surface area contributed by atoms with Crippen molar-refractivity contribution in [2.75, 3.05) is 13.2 Å². The highest BCUT2D eigenvalue weighted by molar-refractivity contribution is 6.30. The fourth-order valence-electron chi connectivity index (χ4n) is 3.85. The summed E-state index contributed by atoms with van der Waals surface area (Å²) in [5, 5.41) is 3.57. The Morgan fingerprint density at radius 3 is 2.54 bits per heavy atom. The highest BCUT2D eigenvalue weighted by atomic mass is 35.5. The van der Waals surface area contributed by atoms with E-state index in [2.05, 4.69) is 15.3 Å². The number of carbonyl (C=O) groups is 1. The van der Waals surface area contributed by atoms with Crippen molar-refractivity contribution in [3.8, 4) is 17.2 Å². The molecule has 1 N–H and O–H groups in total. The van der Waals surface area contributed by atoms with Gasteiger partial charge in [0.2, 0.25) is 0 Å².